The van der Waals surface area contributed by atoms with Gasteiger partial charge in [-0.15, -0.1) is 13.2 Å². The van der Waals surface area contributed by atoms with Crippen molar-refractivity contribution >= 4 is 22.8 Å². The summed E-state index contributed by atoms with van der Waals surface area (Å²) < 4.78 is 66.1. The van der Waals surface area contributed by atoms with Crippen LogP contribution in [0.15, 0.2) is 36.4 Å². The number of alkyl halides is 3. The predicted molar refractivity (Wildman–Crippen MR) is 102 cm³/mol. The number of ether oxygens (including phenoxy) is 3. The smallest absolute Gasteiger partial charge is 0.494 e. The number of esters is 1. The van der Waals surface area contributed by atoms with E-state index in [0.29, 0.717) is 16.6 Å². The molecule has 0 spiro atoms. The second kappa shape index (κ2) is 8.29. The van der Waals surface area contributed by atoms with Gasteiger partial charge in [-0.2, -0.15) is 0 Å². The molecule has 31 heavy (non-hydrogen) atoms. The molecule has 0 saturated carbocycles. The molecular formula is C21H17F4NO5. The fourth-order valence-electron chi connectivity index (χ4n) is 3.27. The first-order valence-electron chi connectivity index (χ1n) is 8.90. The van der Waals surface area contributed by atoms with Crippen LogP contribution in [-0.2, 0) is 16.0 Å². The maximum Gasteiger partial charge on any atom is 0.573 e. The molecule has 0 bridgehead atoms. The lowest BCUT2D eigenvalue weighted by Gasteiger charge is -2.11. The van der Waals surface area contributed by atoms with Gasteiger partial charge in [-0.25, -0.2) is 4.39 Å². The third-order valence-corrected chi connectivity index (χ3v) is 4.70. The van der Waals surface area contributed by atoms with E-state index in [1.807, 2.05) is 0 Å². The number of aromatic nitrogens is 1. The van der Waals surface area contributed by atoms with E-state index in [2.05, 4.69) is 4.74 Å². The van der Waals surface area contributed by atoms with Gasteiger partial charge in [-0.05, 0) is 42.8 Å². The number of benzene rings is 2. The second-order valence-electron chi connectivity index (χ2n) is 6.53. The van der Waals surface area contributed by atoms with Crippen LogP contribution in [0.1, 0.15) is 21.6 Å². The van der Waals surface area contributed by atoms with Crippen molar-refractivity contribution < 1.29 is 41.4 Å². The lowest BCUT2D eigenvalue weighted by Crippen LogP contribution is -2.17. The van der Waals surface area contributed by atoms with Crippen LogP contribution in [0.4, 0.5) is 17.6 Å². The molecule has 10 heteroatoms. The monoisotopic (exact) mass is 439 g/mol. The van der Waals surface area contributed by atoms with Crippen molar-refractivity contribution in [2.24, 2.45) is 0 Å². The van der Waals surface area contributed by atoms with Crippen molar-refractivity contribution in [3.05, 3.63) is 59.0 Å². The van der Waals surface area contributed by atoms with Gasteiger partial charge in [0.05, 0.1) is 26.2 Å². The molecule has 0 atom stereocenters. The molecular weight excluding hydrogens is 422 g/mol. The molecule has 3 rings (SSSR count). The van der Waals surface area contributed by atoms with Crippen LogP contribution in [0, 0.1) is 12.7 Å². The molecule has 1 aromatic heterocycles. The predicted octanol–water partition coefficient (Wildman–Crippen LogP) is 4.40. The molecule has 0 radical (unpaired) electrons. The highest BCUT2D eigenvalue weighted by atomic mass is 19.4. The first-order valence-corrected chi connectivity index (χ1v) is 8.90. The Morgan fingerprint density at radius 3 is 2.26 bits per heavy atom. The van der Waals surface area contributed by atoms with Gasteiger partial charge < -0.3 is 14.2 Å². The number of fused-ring (bicyclic) bond motifs is 1. The SMILES string of the molecule is COC(=O)Cc1c(C)n(C(=O)c2ccc(OC(F)(F)F)cc2)c2cc(F)c(OC)cc12. The van der Waals surface area contributed by atoms with Gasteiger partial charge in [-0.1, -0.05) is 0 Å². The number of carbonyl (C=O) groups is 2. The van der Waals surface area contributed by atoms with Crippen molar-refractivity contribution in [3.63, 3.8) is 0 Å². The highest BCUT2D eigenvalue weighted by Gasteiger charge is 2.31. The summed E-state index contributed by atoms with van der Waals surface area (Å²) in [6.07, 6.45) is -5.04. The standard InChI is InChI=1S/C21H17F4NO5/c1-11-14(9-19(27)30-3)15-8-18(29-2)16(22)10-17(15)26(11)20(28)12-4-6-13(7-5-12)31-21(23,24)25/h4-8,10H,9H2,1-3H3. The second-order valence-corrected chi connectivity index (χ2v) is 6.53. The van der Waals surface area contributed by atoms with Gasteiger partial charge in [0.2, 0.25) is 0 Å². The molecule has 0 N–H and O–H groups in total. The number of rotatable bonds is 5. The third-order valence-electron chi connectivity index (χ3n) is 4.70. The molecule has 2 aromatic carbocycles. The van der Waals surface area contributed by atoms with Gasteiger partial charge >= 0.3 is 12.3 Å². The number of hydrogen-bond donors (Lipinski definition) is 0. The summed E-state index contributed by atoms with van der Waals surface area (Å²) in [6.45, 7) is 1.57. The zero-order chi connectivity index (χ0) is 22.9. The average molecular weight is 439 g/mol. The van der Waals surface area contributed by atoms with Crippen molar-refractivity contribution in [1.82, 2.24) is 4.57 Å². The molecule has 0 unspecified atom stereocenters. The molecule has 0 aliphatic heterocycles. The Morgan fingerprint density at radius 1 is 1.06 bits per heavy atom. The number of hydrogen-bond acceptors (Lipinski definition) is 5. The van der Waals surface area contributed by atoms with Crippen LogP contribution in [0.2, 0.25) is 0 Å². The fourth-order valence-corrected chi connectivity index (χ4v) is 3.27. The number of halogens is 4. The highest BCUT2D eigenvalue weighted by Crippen LogP contribution is 2.33. The zero-order valence-electron chi connectivity index (χ0n) is 16.7. The Kier molecular flexibility index (Phi) is 5.92. The topological polar surface area (TPSA) is 66.8 Å². The van der Waals surface area contributed by atoms with Gasteiger partial charge in [0.1, 0.15) is 5.75 Å². The summed E-state index contributed by atoms with van der Waals surface area (Å²) >= 11 is 0. The van der Waals surface area contributed by atoms with E-state index in [-0.39, 0.29) is 23.3 Å². The summed E-state index contributed by atoms with van der Waals surface area (Å²) in [5.74, 6) is -2.47. The molecule has 3 aromatic rings. The lowest BCUT2D eigenvalue weighted by atomic mass is 10.1. The van der Waals surface area contributed by atoms with E-state index in [4.69, 9.17) is 9.47 Å². The van der Waals surface area contributed by atoms with E-state index in [1.165, 1.54) is 24.9 Å². The normalized spacial score (nSPS) is 11.5. The van der Waals surface area contributed by atoms with Crippen LogP contribution in [-0.4, -0.2) is 37.0 Å². The van der Waals surface area contributed by atoms with Gasteiger partial charge in [-0.3, -0.25) is 14.2 Å². The minimum atomic E-state index is -4.86. The number of carbonyl (C=O) groups excluding carboxylic acids is 2. The molecule has 164 valence electrons. The lowest BCUT2D eigenvalue weighted by molar-refractivity contribution is -0.274. The van der Waals surface area contributed by atoms with Crippen LogP contribution < -0.4 is 9.47 Å². The summed E-state index contributed by atoms with van der Waals surface area (Å²) in [6, 6.07) is 6.80. The van der Waals surface area contributed by atoms with Crippen molar-refractivity contribution in [2.75, 3.05) is 14.2 Å². The average Bonchev–Trinajstić information content (AvgIpc) is 2.96. The molecule has 0 amide bonds. The molecule has 6 nitrogen and oxygen atoms in total. The van der Waals surface area contributed by atoms with E-state index >= 15 is 0 Å². The van der Waals surface area contributed by atoms with Crippen molar-refractivity contribution in [3.8, 4) is 11.5 Å². The number of methoxy groups -OCH3 is 2. The van der Waals surface area contributed by atoms with E-state index in [9.17, 15) is 27.2 Å². The Balaban J connectivity index is 2.12. The Labute approximate surface area is 173 Å². The summed E-state index contributed by atoms with van der Waals surface area (Å²) in [7, 11) is 2.50. The maximum atomic E-state index is 14.4. The first kappa shape index (κ1) is 22.1. The largest absolute Gasteiger partial charge is 0.573 e. The van der Waals surface area contributed by atoms with Crippen LogP contribution >= 0.6 is 0 Å². The van der Waals surface area contributed by atoms with Gasteiger partial charge in [0, 0.05) is 22.7 Å². The quantitative estimate of drug-likeness (QED) is 0.436. The molecule has 0 aliphatic rings. The third kappa shape index (κ3) is 4.47. The van der Waals surface area contributed by atoms with Crippen LogP contribution in [0.25, 0.3) is 10.9 Å². The first-order chi connectivity index (χ1) is 14.6. The molecule has 0 saturated heterocycles. The van der Waals surface area contributed by atoms with Gasteiger partial charge in [0.25, 0.3) is 5.91 Å². The summed E-state index contributed by atoms with van der Waals surface area (Å²) in [5, 5.41) is 0.409. The maximum absolute atomic E-state index is 14.4. The minimum Gasteiger partial charge on any atom is -0.494 e. The minimum absolute atomic E-state index is 0.0374. The van der Waals surface area contributed by atoms with Crippen LogP contribution in [0.5, 0.6) is 11.5 Å². The Morgan fingerprint density at radius 2 is 1.71 bits per heavy atom. The van der Waals surface area contributed by atoms with Gasteiger partial charge in [0.15, 0.2) is 11.6 Å². The molecule has 1 heterocycles. The van der Waals surface area contributed by atoms with E-state index in [0.717, 1.165) is 30.3 Å². The van der Waals surface area contributed by atoms with Crippen LogP contribution in [0.3, 0.4) is 0 Å². The summed E-state index contributed by atoms with van der Waals surface area (Å²) in [5.41, 5.74) is 1.00. The van der Waals surface area contributed by atoms with E-state index < -0.39 is 29.8 Å². The number of nitrogens with zero attached hydrogens (tertiary/aromatic N) is 1. The zero-order valence-corrected chi connectivity index (χ0v) is 16.7. The molecule has 0 aliphatic carbocycles. The summed E-state index contributed by atoms with van der Waals surface area (Å²) in [4.78, 5) is 25.0. The van der Waals surface area contributed by atoms with Crippen molar-refractivity contribution in [1.29, 1.82) is 0 Å². The van der Waals surface area contributed by atoms with Crippen molar-refractivity contribution in [2.45, 2.75) is 19.7 Å². The Hall–Kier alpha value is -3.56. The highest BCUT2D eigenvalue weighted by molar-refractivity contribution is 6.05. The molecule has 0 fully saturated rings. The van der Waals surface area contributed by atoms with E-state index in [1.54, 1.807) is 6.92 Å². The fraction of sp³-hybridized carbons (Fsp3) is 0.238. The Bertz CT molecular complexity index is 1150.